The van der Waals surface area contributed by atoms with Crippen molar-refractivity contribution in [2.45, 2.75) is 16.6 Å². The predicted molar refractivity (Wildman–Crippen MR) is 98.2 cm³/mol. The summed E-state index contributed by atoms with van der Waals surface area (Å²) < 4.78 is 22.8. The van der Waals surface area contributed by atoms with Gasteiger partial charge in [0.2, 0.25) is 5.91 Å². The molecule has 8 heteroatoms. The van der Waals surface area contributed by atoms with Crippen LogP contribution in [0.4, 0.5) is 0 Å². The van der Waals surface area contributed by atoms with E-state index < -0.39 is 9.84 Å². The highest BCUT2D eigenvalue weighted by molar-refractivity contribution is 7.99. The van der Waals surface area contributed by atoms with E-state index in [1.165, 1.54) is 18.0 Å². The van der Waals surface area contributed by atoms with Gasteiger partial charge in [-0.05, 0) is 29.8 Å². The van der Waals surface area contributed by atoms with E-state index in [-0.39, 0.29) is 16.6 Å². The summed E-state index contributed by atoms with van der Waals surface area (Å²) in [6.45, 7) is 0.351. The quantitative estimate of drug-likeness (QED) is 0.646. The molecule has 0 radical (unpaired) electrons. The Kier molecular flexibility index (Phi) is 5.10. The number of aromatic amines is 1. The third-order valence-electron chi connectivity index (χ3n) is 3.55. The Morgan fingerprint density at radius 2 is 1.88 bits per heavy atom. The zero-order chi connectivity index (χ0) is 17.9. The molecule has 1 heterocycles. The van der Waals surface area contributed by atoms with Crippen molar-refractivity contribution in [1.82, 2.24) is 15.3 Å². The van der Waals surface area contributed by atoms with Crippen LogP contribution in [-0.4, -0.2) is 36.3 Å². The molecule has 3 aromatic rings. The lowest BCUT2D eigenvalue weighted by atomic mass is 10.2. The first-order chi connectivity index (χ1) is 11.9. The van der Waals surface area contributed by atoms with Crippen LogP contribution in [0.5, 0.6) is 0 Å². The summed E-state index contributed by atoms with van der Waals surface area (Å²) in [4.78, 5) is 19.8. The van der Waals surface area contributed by atoms with E-state index >= 15 is 0 Å². The van der Waals surface area contributed by atoms with Gasteiger partial charge in [-0.25, -0.2) is 13.4 Å². The standard InChI is InChI=1S/C17H17N3O3S2/c1-25(22,23)13-8-6-12(7-9-13)10-18-16(21)11-24-17-19-14-4-2-3-5-15(14)20-17/h2-9H,10-11H2,1H3,(H,18,21)(H,19,20). The van der Waals surface area contributed by atoms with Crippen molar-refractivity contribution in [3.8, 4) is 0 Å². The molecule has 1 amide bonds. The van der Waals surface area contributed by atoms with Gasteiger partial charge in [0, 0.05) is 12.8 Å². The highest BCUT2D eigenvalue weighted by atomic mass is 32.2. The summed E-state index contributed by atoms with van der Waals surface area (Å²) in [7, 11) is -3.20. The first kappa shape index (κ1) is 17.5. The van der Waals surface area contributed by atoms with Crippen molar-refractivity contribution in [2.24, 2.45) is 0 Å². The van der Waals surface area contributed by atoms with E-state index in [0.29, 0.717) is 11.7 Å². The Morgan fingerprint density at radius 1 is 1.16 bits per heavy atom. The lowest BCUT2D eigenvalue weighted by Crippen LogP contribution is -2.24. The summed E-state index contributed by atoms with van der Waals surface area (Å²) in [5.41, 5.74) is 2.65. The summed E-state index contributed by atoms with van der Waals surface area (Å²) in [6.07, 6.45) is 1.17. The van der Waals surface area contributed by atoms with Crippen molar-refractivity contribution in [3.05, 3.63) is 54.1 Å². The van der Waals surface area contributed by atoms with Crippen molar-refractivity contribution < 1.29 is 13.2 Å². The molecular formula is C17H17N3O3S2. The smallest absolute Gasteiger partial charge is 0.230 e. The van der Waals surface area contributed by atoms with Crippen LogP contribution in [-0.2, 0) is 21.2 Å². The summed E-state index contributed by atoms with van der Waals surface area (Å²) >= 11 is 1.34. The van der Waals surface area contributed by atoms with E-state index in [1.807, 2.05) is 24.3 Å². The fourth-order valence-electron chi connectivity index (χ4n) is 2.24. The number of thioether (sulfide) groups is 1. The molecule has 0 atom stereocenters. The number of nitrogens with zero attached hydrogens (tertiary/aromatic N) is 1. The molecule has 0 saturated carbocycles. The summed E-state index contributed by atoms with van der Waals surface area (Å²) in [5.74, 6) is 0.138. The third kappa shape index (κ3) is 4.61. The minimum atomic E-state index is -3.20. The summed E-state index contributed by atoms with van der Waals surface area (Å²) in [6, 6.07) is 14.2. The number of hydrogen-bond donors (Lipinski definition) is 2. The number of sulfone groups is 1. The van der Waals surface area contributed by atoms with Gasteiger partial charge >= 0.3 is 0 Å². The second-order valence-electron chi connectivity index (χ2n) is 5.54. The lowest BCUT2D eigenvalue weighted by molar-refractivity contribution is -0.118. The topological polar surface area (TPSA) is 91.9 Å². The number of benzene rings is 2. The molecule has 3 rings (SSSR count). The zero-order valence-electron chi connectivity index (χ0n) is 13.5. The van der Waals surface area contributed by atoms with E-state index in [9.17, 15) is 13.2 Å². The zero-order valence-corrected chi connectivity index (χ0v) is 15.2. The number of rotatable bonds is 6. The minimum Gasteiger partial charge on any atom is -0.351 e. The third-order valence-corrected chi connectivity index (χ3v) is 5.55. The number of hydrogen-bond acceptors (Lipinski definition) is 5. The SMILES string of the molecule is CS(=O)(=O)c1ccc(CNC(=O)CSc2nc3ccccc3[nH]2)cc1. The van der Waals surface area contributed by atoms with Gasteiger partial charge in [0.25, 0.3) is 0 Å². The maximum Gasteiger partial charge on any atom is 0.230 e. The van der Waals surface area contributed by atoms with Gasteiger partial charge < -0.3 is 10.3 Å². The normalized spacial score (nSPS) is 11.6. The molecule has 2 aromatic carbocycles. The number of carbonyl (C=O) groups is 1. The molecule has 1 aromatic heterocycles. The Bertz CT molecular complexity index is 962. The molecule has 0 aliphatic heterocycles. The lowest BCUT2D eigenvalue weighted by Gasteiger charge is -2.05. The van der Waals surface area contributed by atoms with Crippen molar-refractivity contribution in [3.63, 3.8) is 0 Å². The highest BCUT2D eigenvalue weighted by Gasteiger charge is 2.08. The number of para-hydroxylation sites is 2. The van der Waals surface area contributed by atoms with Gasteiger partial charge in [-0.1, -0.05) is 36.0 Å². The Morgan fingerprint density at radius 3 is 2.56 bits per heavy atom. The molecule has 6 nitrogen and oxygen atoms in total. The van der Waals surface area contributed by atoms with Crippen LogP contribution in [0.1, 0.15) is 5.56 Å². The van der Waals surface area contributed by atoms with Gasteiger partial charge in [-0.3, -0.25) is 4.79 Å². The first-order valence-electron chi connectivity index (χ1n) is 7.55. The van der Waals surface area contributed by atoms with Crippen LogP contribution in [0.2, 0.25) is 0 Å². The number of fused-ring (bicyclic) bond motifs is 1. The van der Waals surface area contributed by atoms with Crippen LogP contribution in [0, 0.1) is 0 Å². The summed E-state index contributed by atoms with van der Waals surface area (Å²) in [5, 5.41) is 3.51. The molecule has 0 unspecified atom stereocenters. The number of imidazole rings is 1. The van der Waals surface area contributed by atoms with Crippen LogP contribution in [0.3, 0.4) is 0 Å². The number of H-pyrrole nitrogens is 1. The Hall–Kier alpha value is -2.32. The fourth-order valence-corrected chi connectivity index (χ4v) is 3.58. The van der Waals surface area contributed by atoms with Gasteiger partial charge in [0.15, 0.2) is 15.0 Å². The maximum atomic E-state index is 12.0. The Balaban J connectivity index is 1.51. The molecule has 0 saturated heterocycles. The van der Waals surface area contributed by atoms with Gasteiger partial charge in [0.05, 0.1) is 21.7 Å². The van der Waals surface area contributed by atoms with Crippen LogP contribution < -0.4 is 5.32 Å². The molecule has 25 heavy (non-hydrogen) atoms. The van der Waals surface area contributed by atoms with Crippen molar-refractivity contribution in [2.75, 3.05) is 12.0 Å². The first-order valence-corrected chi connectivity index (χ1v) is 10.4. The predicted octanol–water partition coefficient (Wildman–Crippen LogP) is 2.37. The average Bonchev–Trinajstić information content (AvgIpc) is 3.00. The van der Waals surface area contributed by atoms with Crippen LogP contribution in [0.15, 0.2) is 58.6 Å². The Labute approximate surface area is 150 Å². The van der Waals surface area contributed by atoms with E-state index in [4.69, 9.17) is 0 Å². The van der Waals surface area contributed by atoms with Crippen molar-refractivity contribution in [1.29, 1.82) is 0 Å². The minimum absolute atomic E-state index is 0.113. The fraction of sp³-hybridized carbons (Fsp3) is 0.176. The molecule has 0 bridgehead atoms. The largest absolute Gasteiger partial charge is 0.351 e. The second-order valence-corrected chi connectivity index (χ2v) is 8.52. The molecule has 0 aliphatic carbocycles. The average molecular weight is 375 g/mol. The van der Waals surface area contributed by atoms with Crippen molar-refractivity contribution >= 4 is 38.5 Å². The number of carbonyl (C=O) groups excluding carboxylic acids is 1. The second kappa shape index (κ2) is 7.28. The van der Waals surface area contributed by atoms with E-state index in [1.54, 1.807) is 24.3 Å². The molecule has 0 spiro atoms. The van der Waals surface area contributed by atoms with Gasteiger partial charge in [-0.15, -0.1) is 0 Å². The molecule has 0 fully saturated rings. The monoisotopic (exact) mass is 375 g/mol. The van der Waals surface area contributed by atoms with E-state index in [0.717, 1.165) is 16.6 Å². The molecule has 130 valence electrons. The number of nitrogens with one attached hydrogen (secondary N) is 2. The molecular weight excluding hydrogens is 358 g/mol. The number of amides is 1. The maximum absolute atomic E-state index is 12.0. The van der Waals surface area contributed by atoms with E-state index in [2.05, 4.69) is 15.3 Å². The van der Waals surface area contributed by atoms with Gasteiger partial charge in [0.1, 0.15) is 0 Å². The van der Waals surface area contributed by atoms with Crippen LogP contribution in [0.25, 0.3) is 11.0 Å². The highest BCUT2D eigenvalue weighted by Crippen LogP contribution is 2.18. The number of aromatic nitrogens is 2. The van der Waals surface area contributed by atoms with Crippen LogP contribution >= 0.6 is 11.8 Å². The molecule has 2 N–H and O–H groups in total. The molecule has 0 aliphatic rings. The van der Waals surface area contributed by atoms with Gasteiger partial charge in [-0.2, -0.15) is 0 Å².